The van der Waals surface area contributed by atoms with Gasteiger partial charge in [-0.3, -0.25) is 4.99 Å². The summed E-state index contributed by atoms with van der Waals surface area (Å²) in [4.78, 5) is 6.68. The molecule has 1 spiro atoms. The molecule has 0 atom stereocenters. The maximum absolute atomic E-state index is 5.95. The fourth-order valence-corrected chi connectivity index (χ4v) is 2.09. The average Bonchev–Trinajstić information content (AvgIpc) is 2.73. The monoisotopic (exact) mass is 195 g/mol. The first kappa shape index (κ1) is 9.81. The summed E-state index contributed by atoms with van der Waals surface area (Å²) in [6.07, 6.45) is 4.13. The summed E-state index contributed by atoms with van der Waals surface area (Å²) in [5.74, 6) is 1.37. The predicted molar refractivity (Wildman–Crippen MR) is 59.2 cm³/mol. The van der Waals surface area contributed by atoms with Crippen LogP contribution < -0.4 is 5.73 Å². The zero-order valence-corrected chi connectivity index (χ0v) is 9.29. The van der Waals surface area contributed by atoms with Crippen LogP contribution in [0.25, 0.3) is 0 Å². The molecule has 2 fully saturated rings. The van der Waals surface area contributed by atoms with Crippen LogP contribution in [0.15, 0.2) is 4.99 Å². The highest BCUT2D eigenvalue weighted by Crippen LogP contribution is 2.52. The Morgan fingerprint density at radius 2 is 2.14 bits per heavy atom. The van der Waals surface area contributed by atoms with Gasteiger partial charge in [0, 0.05) is 19.6 Å². The van der Waals surface area contributed by atoms with Gasteiger partial charge in [0.25, 0.3) is 0 Å². The standard InChI is InChI=1S/C11H21N3/c1-9(2)7-13-10(12)14-6-5-11(8-14)3-4-11/h9H,3-8H2,1-2H3,(H2,12,13). The molecular formula is C11H21N3. The number of guanidine groups is 1. The Labute approximate surface area is 86.4 Å². The lowest BCUT2D eigenvalue weighted by Crippen LogP contribution is -2.36. The van der Waals surface area contributed by atoms with Crippen LogP contribution in [0.4, 0.5) is 0 Å². The maximum atomic E-state index is 5.95. The summed E-state index contributed by atoms with van der Waals surface area (Å²) in [5, 5.41) is 0. The zero-order valence-electron chi connectivity index (χ0n) is 9.29. The summed E-state index contributed by atoms with van der Waals surface area (Å²) in [6.45, 7) is 7.47. The molecule has 3 heteroatoms. The Morgan fingerprint density at radius 3 is 2.64 bits per heavy atom. The van der Waals surface area contributed by atoms with E-state index in [9.17, 15) is 0 Å². The minimum Gasteiger partial charge on any atom is -0.370 e. The Hall–Kier alpha value is -0.730. The smallest absolute Gasteiger partial charge is 0.191 e. The molecule has 1 saturated carbocycles. The molecule has 0 aromatic heterocycles. The van der Waals surface area contributed by atoms with E-state index in [1.54, 1.807) is 0 Å². The van der Waals surface area contributed by atoms with Crippen molar-refractivity contribution < 1.29 is 0 Å². The van der Waals surface area contributed by atoms with Gasteiger partial charge >= 0.3 is 0 Å². The van der Waals surface area contributed by atoms with Crippen LogP contribution >= 0.6 is 0 Å². The van der Waals surface area contributed by atoms with Crippen LogP contribution in [0.5, 0.6) is 0 Å². The third kappa shape index (κ3) is 2.02. The first-order chi connectivity index (χ1) is 6.61. The predicted octanol–water partition coefficient (Wildman–Crippen LogP) is 1.44. The summed E-state index contributed by atoms with van der Waals surface area (Å²) in [6, 6.07) is 0. The van der Waals surface area contributed by atoms with Crippen molar-refractivity contribution in [2.75, 3.05) is 19.6 Å². The van der Waals surface area contributed by atoms with Gasteiger partial charge in [-0.25, -0.2) is 0 Å². The Balaban J connectivity index is 1.86. The number of rotatable bonds is 2. The van der Waals surface area contributed by atoms with Gasteiger partial charge in [0.15, 0.2) is 5.96 Å². The van der Waals surface area contributed by atoms with Gasteiger partial charge in [-0.1, -0.05) is 13.8 Å². The Kier molecular flexibility index (Phi) is 2.41. The van der Waals surface area contributed by atoms with Crippen LogP contribution in [-0.4, -0.2) is 30.5 Å². The van der Waals surface area contributed by atoms with Crippen molar-refractivity contribution in [3.05, 3.63) is 0 Å². The maximum Gasteiger partial charge on any atom is 0.191 e. The molecule has 14 heavy (non-hydrogen) atoms. The molecule has 80 valence electrons. The van der Waals surface area contributed by atoms with E-state index < -0.39 is 0 Å². The highest BCUT2D eigenvalue weighted by Gasteiger charge is 2.48. The fraction of sp³-hybridized carbons (Fsp3) is 0.909. The van der Waals surface area contributed by atoms with Gasteiger partial charge in [0.05, 0.1) is 0 Å². The largest absolute Gasteiger partial charge is 0.370 e. The highest BCUT2D eigenvalue weighted by atomic mass is 15.3. The third-order valence-corrected chi connectivity index (χ3v) is 3.34. The van der Waals surface area contributed by atoms with Crippen molar-refractivity contribution in [2.24, 2.45) is 22.1 Å². The second kappa shape index (κ2) is 3.44. The molecule has 0 amide bonds. The van der Waals surface area contributed by atoms with Gasteiger partial charge in [-0.05, 0) is 30.6 Å². The van der Waals surface area contributed by atoms with E-state index in [4.69, 9.17) is 5.73 Å². The molecule has 3 nitrogen and oxygen atoms in total. The molecule has 1 heterocycles. The summed E-state index contributed by atoms with van der Waals surface area (Å²) in [5.41, 5.74) is 6.60. The number of hydrogen-bond acceptors (Lipinski definition) is 1. The molecular weight excluding hydrogens is 174 g/mol. The van der Waals surface area contributed by atoms with Crippen LogP contribution in [0.1, 0.15) is 33.1 Å². The third-order valence-electron chi connectivity index (χ3n) is 3.34. The van der Waals surface area contributed by atoms with Crippen molar-refractivity contribution in [2.45, 2.75) is 33.1 Å². The van der Waals surface area contributed by atoms with Crippen molar-refractivity contribution in [3.63, 3.8) is 0 Å². The molecule has 1 aliphatic heterocycles. The van der Waals surface area contributed by atoms with Crippen molar-refractivity contribution in [1.82, 2.24) is 4.90 Å². The van der Waals surface area contributed by atoms with Crippen LogP contribution in [-0.2, 0) is 0 Å². The first-order valence-corrected chi connectivity index (χ1v) is 5.66. The molecule has 0 unspecified atom stereocenters. The van der Waals surface area contributed by atoms with Gasteiger partial charge in [0.2, 0.25) is 0 Å². The Bertz CT molecular complexity index is 241. The number of nitrogens with zero attached hydrogens (tertiary/aromatic N) is 2. The topological polar surface area (TPSA) is 41.6 Å². The number of likely N-dealkylation sites (tertiary alicyclic amines) is 1. The van der Waals surface area contributed by atoms with Gasteiger partial charge in [-0.2, -0.15) is 0 Å². The van der Waals surface area contributed by atoms with E-state index in [-0.39, 0.29) is 0 Å². The lowest BCUT2D eigenvalue weighted by molar-refractivity contribution is 0.462. The summed E-state index contributed by atoms with van der Waals surface area (Å²) < 4.78 is 0. The lowest BCUT2D eigenvalue weighted by Gasteiger charge is -2.17. The quantitative estimate of drug-likeness (QED) is 0.535. The minimum absolute atomic E-state index is 0.603. The highest BCUT2D eigenvalue weighted by molar-refractivity contribution is 5.78. The van der Waals surface area contributed by atoms with Gasteiger partial charge in [-0.15, -0.1) is 0 Å². The summed E-state index contributed by atoms with van der Waals surface area (Å²) in [7, 11) is 0. The Morgan fingerprint density at radius 1 is 1.43 bits per heavy atom. The summed E-state index contributed by atoms with van der Waals surface area (Å²) >= 11 is 0. The lowest BCUT2D eigenvalue weighted by atomic mass is 10.1. The minimum atomic E-state index is 0.603. The van der Waals surface area contributed by atoms with E-state index in [0.29, 0.717) is 11.3 Å². The van der Waals surface area contributed by atoms with E-state index in [1.165, 1.54) is 19.3 Å². The number of aliphatic imine (C=N–C) groups is 1. The molecule has 2 rings (SSSR count). The van der Waals surface area contributed by atoms with E-state index in [1.807, 2.05) is 0 Å². The normalized spacial score (nSPS) is 25.1. The van der Waals surface area contributed by atoms with Crippen LogP contribution in [0, 0.1) is 11.3 Å². The van der Waals surface area contributed by atoms with Crippen molar-refractivity contribution in [1.29, 1.82) is 0 Å². The van der Waals surface area contributed by atoms with Crippen LogP contribution in [0.3, 0.4) is 0 Å². The fourth-order valence-electron chi connectivity index (χ4n) is 2.09. The molecule has 2 aliphatic rings. The van der Waals surface area contributed by atoms with E-state index in [2.05, 4.69) is 23.7 Å². The molecule has 1 aliphatic carbocycles. The van der Waals surface area contributed by atoms with Gasteiger partial charge in [0.1, 0.15) is 0 Å². The molecule has 2 N–H and O–H groups in total. The first-order valence-electron chi connectivity index (χ1n) is 5.66. The molecule has 0 aromatic rings. The number of hydrogen-bond donors (Lipinski definition) is 1. The SMILES string of the molecule is CC(C)CN=C(N)N1CCC2(CC2)C1. The average molecular weight is 195 g/mol. The molecule has 1 saturated heterocycles. The second-order valence-corrected chi connectivity index (χ2v) is 5.26. The molecule has 0 bridgehead atoms. The van der Waals surface area contributed by atoms with Gasteiger partial charge < -0.3 is 10.6 Å². The molecule has 0 aromatic carbocycles. The zero-order chi connectivity index (χ0) is 10.2. The van der Waals surface area contributed by atoms with Crippen LogP contribution in [0.2, 0.25) is 0 Å². The molecule has 0 radical (unpaired) electrons. The van der Waals surface area contributed by atoms with Crippen molar-refractivity contribution >= 4 is 5.96 Å². The second-order valence-electron chi connectivity index (χ2n) is 5.26. The van der Waals surface area contributed by atoms with Crippen molar-refractivity contribution in [3.8, 4) is 0 Å². The van der Waals surface area contributed by atoms with E-state index in [0.717, 1.165) is 25.6 Å². The van der Waals surface area contributed by atoms with E-state index >= 15 is 0 Å². The number of nitrogens with two attached hydrogens (primary N) is 1.